The number of aromatic nitrogens is 1. The molecule has 0 bridgehead atoms. The third-order valence-electron chi connectivity index (χ3n) is 3.14. The molecule has 0 fully saturated rings. The molecule has 0 atom stereocenters. The molecule has 116 valence electrons. The maximum atomic E-state index is 13.0. The molecular weight excluding hydrogens is 305 g/mol. The summed E-state index contributed by atoms with van der Waals surface area (Å²) in [6.45, 7) is 4.77. The lowest BCUT2D eigenvalue weighted by Crippen LogP contribution is -2.52. The zero-order valence-electron chi connectivity index (χ0n) is 12.4. The van der Waals surface area contributed by atoms with Gasteiger partial charge in [-0.05, 0) is 45.0 Å². The maximum absolute atomic E-state index is 13.0. The van der Waals surface area contributed by atoms with E-state index in [0.717, 1.165) is 5.56 Å². The highest BCUT2D eigenvalue weighted by Gasteiger charge is 2.29. The van der Waals surface area contributed by atoms with E-state index in [1.807, 2.05) is 0 Å². The van der Waals surface area contributed by atoms with E-state index in [4.69, 9.17) is 5.73 Å². The number of carbonyl (C=O) groups is 2. The molecule has 3 N–H and O–H groups in total. The summed E-state index contributed by atoms with van der Waals surface area (Å²) in [7, 11) is 0. The van der Waals surface area contributed by atoms with Gasteiger partial charge in [-0.15, -0.1) is 11.3 Å². The van der Waals surface area contributed by atoms with Crippen LogP contribution >= 0.6 is 11.3 Å². The highest BCUT2D eigenvalue weighted by Crippen LogP contribution is 2.28. The highest BCUT2D eigenvalue weighted by molar-refractivity contribution is 7.17. The topological polar surface area (TPSA) is 85.1 Å². The van der Waals surface area contributed by atoms with Crippen LogP contribution < -0.4 is 11.1 Å². The predicted molar refractivity (Wildman–Crippen MR) is 83.0 cm³/mol. The Kier molecular flexibility index (Phi) is 4.27. The van der Waals surface area contributed by atoms with Gasteiger partial charge in [0.2, 0.25) is 5.91 Å². The van der Waals surface area contributed by atoms with Crippen LogP contribution in [0.1, 0.15) is 29.2 Å². The van der Waals surface area contributed by atoms with Crippen LogP contribution in [0.4, 0.5) is 4.39 Å². The van der Waals surface area contributed by atoms with Crippen LogP contribution in [0.2, 0.25) is 0 Å². The van der Waals surface area contributed by atoms with Crippen molar-refractivity contribution in [3.05, 3.63) is 40.7 Å². The van der Waals surface area contributed by atoms with Crippen molar-refractivity contribution >= 4 is 23.2 Å². The summed E-state index contributed by atoms with van der Waals surface area (Å²) in [6.07, 6.45) is 0. The minimum atomic E-state index is -1.15. The summed E-state index contributed by atoms with van der Waals surface area (Å²) in [5.74, 6) is -1.37. The average molecular weight is 321 g/mol. The number of halogens is 1. The number of amides is 2. The van der Waals surface area contributed by atoms with Crippen LogP contribution in [0.5, 0.6) is 0 Å². The zero-order valence-corrected chi connectivity index (χ0v) is 13.3. The van der Waals surface area contributed by atoms with Crippen LogP contribution in [0.25, 0.3) is 10.6 Å². The summed E-state index contributed by atoms with van der Waals surface area (Å²) in [5.41, 5.74) is 5.36. The van der Waals surface area contributed by atoms with Crippen molar-refractivity contribution in [2.45, 2.75) is 26.3 Å². The molecule has 0 aliphatic rings. The first kappa shape index (κ1) is 16.1. The van der Waals surface area contributed by atoms with Crippen LogP contribution in [-0.2, 0) is 4.79 Å². The Morgan fingerprint density at radius 3 is 2.41 bits per heavy atom. The number of hydrogen-bond donors (Lipinski definition) is 2. The smallest absolute Gasteiger partial charge is 0.264 e. The Morgan fingerprint density at radius 1 is 1.27 bits per heavy atom. The van der Waals surface area contributed by atoms with Gasteiger partial charge in [0.15, 0.2) is 0 Å². The Morgan fingerprint density at radius 2 is 1.86 bits per heavy atom. The third kappa shape index (κ3) is 3.30. The molecule has 0 unspecified atom stereocenters. The van der Waals surface area contributed by atoms with Crippen LogP contribution in [0.3, 0.4) is 0 Å². The van der Waals surface area contributed by atoms with E-state index in [-0.39, 0.29) is 5.82 Å². The molecule has 5 nitrogen and oxygen atoms in total. The molecule has 0 aliphatic heterocycles. The molecule has 0 saturated carbocycles. The fraction of sp³-hybridized carbons (Fsp3) is 0.267. The molecule has 1 aromatic heterocycles. The monoisotopic (exact) mass is 321 g/mol. The Bertz CT molecular complexity index is 723. The Labute approximate surface area is 131 Å². The molecular formula is C15H16FN3O2S. The van der Waals surface area contributed by atoms with E-state index in [2.05, 4.69) is 10.3 Å². The molecule has 22 heavy (non-hydrogen) atoms. The summed E-state index contributed by atoms with van der Waals surface area (Å²) in [4.78, 5) is 28.3. The van der Waals surface area contributed by atoms with Crippen LogP contribution in [0.15, 0.2) is 24.3 Å². The minimum Gasteiger partial charge on any atom is -0.368 e. The second kappa shape index (κ2) is 5.84. The maximum Gasteiger partial charge on any atom is 0.264 e. The number of aryl methyl sites for hydroxylation is 1. The number of hydrogen-bond acceptors (Lipinski definition) is 4. The molecule has 2 amide bonds. The lowest BCUT2D eigenvalue weighted by atomic mass is 10.1. The largest absolute Gasteiger partial charge is 0.368 e. The molecule has 0 radical (unpaired) electrons. The first-order valence-corrected chi connectivity index (χ1v) is 7.38. The number of nitrogens with two attached hydrogens (primary N) is 1. The second-order valence-corrected chi connectivity index (χ2v) is 6.38. The van der Waals surface area contributed by atoms with Crippen molar-refractivity contribution in [3.8, 4) is 10.6 Å². The Hall–Kier alpha value is -2.28. The Balaban J connectivity index is 2.28. The quantitative estimate of drug-likeness (QED) is 0.905. The lowest BCUT2D eigenvalue weighted by molar-refractivity contribution is -0.122. The van der Waals surface area contributed by atoms with Crippen LogP contribution in [0, 0.1) is 12.7 Å². The number of rotatable bonds is 4. The zero-order chi connectivity index (χ0) is 16.5. The second-order valence-electron chi connectivity index (χ2n) is 5.38. The summed E-state index contributed by atoms with van der Waals surface area (Å²) in [6, 6.07) is 5.87. The van der Waals surface area contributed by atoms with Crippen molar-refractivity contribution in [2.24, 2.45) is 5.73 Å². The van der Waals surface area contributed by atoms with E-state index >= 15 is 0 Å². The summed E-state index contributed by atoms with van der Waals surface area (Å²) < 4.78 is 13.0. The normalized spacial score (nSPS) is 11.3. The van der Waals surface area contributed by atoms with E-state index < -0.39 is 17.4 Å². The number of benzene rings is 1. The molecule has 0 aliphatic carbocycles. The fourth-order valence-electron chi connectivity index (χ4n) is 1.73. The average Bonchev–Trinajstić information content (AvgIpc) is 2.81. The molecule has 2 aromatic rings. The van der Waals surface area contributed by atoms with Gasteiger partial charge in [-0.2, -0.15) is 0 Å². The van der Waals surface area contributed by atoms with Gasteiger partial charge in [0, 0.05) is 5.56 Å². The molecule has 0 saturated heterocycles. The first-order valence-electron chi connectivity index (χ1n) is 6.56. The number of primary amides is 1. The van der Waals surface area contributed by atoms with E-state index in [9.17, 15) is 14.0 Å². The van der Waals surface area contributed by atoms with Gasteiger partial charge in [-0.25, -0.2) is 9.37 Å². The van der Waals surface area contributed by atoms with Gasteiger partial charge >= 0.3 is 0 Å². The molecule has 1 heterocycles. The number of thiazole rings is 1. The number of carbonyl (C=O) groups excluding carboxylic acids is 2. The van der Waals surface area contributed by atoms with Gasteiger partial charge in [-0.3, -0.25) is 9.59 Å². The number of nitrogens with one attached hydrogen (secondary N) is 1. The van der Waals surface area contributed by atoms with Crippen molar-refractivity contribution in [3.63, 3.8) is 0 Å². The molecule has 2 rings (SSSR count). The van der Waals surface area contributed by atoms with Crippen molar-refractivity contribution in [2.75, 3.05) is 0 Å². The van der Waals surface area contributed by atoms with Crippen LogP contribution in [-0.4, -0.2) is 22.3 Å². The van der Waals surface area contributed by atoms with Gasteiger partial charge in [0.25, 0.3) is 5.91 Å². The van der Waals surface area contributed by atoms with Gasteiger partial charge < -0.3 is 11.1 Å². The van der Waals surface area contributed by atoms with Gasteiger partial charge in [0.05, 0.1) is 5.69 Å². The van der Waals surface area contributed by atoms with E-state index in [1.54, 1.807) is 19.1 Å². The van der Waals surface area contributed by atoms with E-state index in [1.165, 1.54) is 37.3 Å². The van der Waals surface area contributed by atoms with Crippen molar-refractivity contribution < 1.29 is 14.0 Å². The molecule has 1 aromatic carbocycles. The molecule has 0 spiro atoms. The summed E-state index contributed by atoms with van der Waals surface area (Å²) in [5, 5.41) is 3.19. The first-order chi connectivity index (χ1) is 10.2. The SMILES string of the molecule is Cc1nc(-c2ccc(F)cc2)sc1C(=O)NC(C)(C)C(N)=O. The van der Waals surface area contributed by atoms with Gasteiger partial charge in [-0.1, -0.05) is 0 Å². The third-order valence-corrected chi connectivity index (χ3v) is 4.34. The number of nitrogens with zero attached hydrogens (tertiary/aromatic N) is 1. The lowest BCUT2D eigenvalue weighted by Gasteiger charge is -2.21. The van der Waals surface area contributed by atoms with Crippen molar-refractivity contribution in [1.29, 1.82) is 0 Å². The standard InChI is InChI=1S/C15H16FN3O2S/c1-8-11(12(20)19-15(2,3)14(17)21)22-13(18-8)9-4-6-10(16)7-5-9/h4-7H,1-3H3,(H2,17,21)(H,19,20). The van der Waals surface area contributed by atoms with Gasteiger partial charge in [0.1, 0.15) is 21.2 Å². The highest BCUT2D eigenvalue weighted by atomic mass is 32.1. The predicted octanol–water partition coefficient (Wildman–Crippen LogP) is 2.25. The molecule has 7 heteroatoms. The fourth-order valence-corrected chi connectivity index (χ4v) is 2.69. The van der Waals surface area contributed by atoms with Crippen molar-refractivity contribution in [1.82, 2.24) is 10.3 Å². The summed E-state index contributed by atoms with van der Waals surface area (Å²) >= 11 is 1.18. The minimum absolute atomic E-state index is 0.335. The van der Waals surface area contributed by atoms with E-state index in [0.29, 0.717) is 15.6 Å².